The fourth-order valence-corrected chi connectivity index (χ4v) is 3.62. The molecule has 2 N–H and O–H groups in total. The second kappa shape index (κ2) is 10.4. The molecule has 0 radical (unpaired) electrons. The van der Waals surface area contributed by atoms with E-state index in [1.54, 1.807) is 6.07 Å². The summed E-state index contributed by atoms with van der Waals surface area (Å²) in [7, 11) is 0. The minimum absolute atomic E-state index is 0.356. The highest BCUT2D eigenvalue weighted by Gasteiger charge is 2.21. The molecular weight excluding hydrogens is 342 g/mol. The van der Waals surface area contributed by atoms with Crippen LogP contribution in [0.1, 0.15) is 13.3 Å². The Bertz CT molecular complexity index is 596. The fourth-order valence-electron chi connectivity index (χ4n) is 3.62. The van der Waals surface area contributed by atoms with Gasteiger partial charge in [0.2, 0.25) is 0 Å². The van der Waals surface area contributed by atoms with E-state index >= 15 is 0 Å². The Morgan fingerprint density at radius 2 is 1.85 bits per heavy atom. The molecule has 0 spiro atoms. The summed E-state index contributed by atoms with van der Waals surface area (Å²) >= 11 is 0. The molecule has 2 fully saturated rings. The topological polar surface area (TPSA) is 63.6 Å². The first-order valence-electron chi connectivity index (χ1n) is 10.1. The number of para-hydroxylation sites is 2. The Morgan fingerprint density at radius 1 is 1.11 bits per heavy atom. The van der Waals surface area contributed by atoms with E-state index in [0.29, 0.717) is 5.75 Å². The first-order chi connectivity index (χ1) is 13.3. The van der Waals surface area contributed by atoms with Crippen molar-refractivity contribution in [2.24, 2.45) is 4.99 Å². The number of hydrogen-bond donors (Lipinski definition) is 2. The van der Waals surface area contributed by atoms with Gasteiger partial charge in [0.25, 0.3) is 0 Å². The maximum atomic E-state index is 10.1. The number of hydrogen-bond acceptors (Lipinski definition) is 5. The quantitative estimate of drug-likeness (QED) is 0.443. The standard InChI is InChI=1S/C20H33N5O2/c1-2-21-20(22-8-5-9-23-14-16-27-17-15-23)25-12-10-24(11-13-25)18-6-3-4-7-19(18)26/h3-4,6-7,26H,2,5,8-17H2,1H3,(H,21,22). The van der Waals surface area contributed by atoms with Gasteiger partial charge in [-0.2, -0.15) is 0 Å². The Labute approximate surface area is 162 Å². The van der Waals surface area contributed by atoms with Gasteiger partial charge >= 0.3 is 0 Å². The molecule has 0 atom stereocenters. The van der Waals surface area contributed by atoms with Crippen LogP contribution in [0.25, 0.3) is 0 Å². The van der Waals surface area contributed by atoms with Gasteiger partial charge in [0.15, 0.2) is 5.96 Å². The van der Waals surface area contributed by atoms with Crippen LogP contribution >= 0.6 is 0 Å². The van der Waals surface area contributed by atoms with Crippen molar-refractivity contribution in [2.45, 2.75) is 13.3 Å². The third kappa shape index (κ3) is 5.74. The van der Waals surface area contributed by atoms with E-state index in [0.717, 1.165) is 90.2 Å². The summed E-state index contributed by atoms with van der Waals surface area (Å²) in [5, 5.41) is 13.5. The van der Waals surface area contributed by atoms with Gasteiger partial charge in [-0.25, -0.2) is 0 Å². The van der Waals surface area contributed by atoms with Crippen LogP contribution in [0.3, 0.4) is 0 Å². The zero-order valence-corrected chi connectivity index (χ0v) is 16.4. The van der Waals surface area contributed by atoms with Crippen molar-refractivity contribution in [3.05, 3.63) is 24.3 Å². The molecule has 3 rings (SSSR count). The predicted molar refractivity (Wildman–Crippen MR) is 110 cm³/mol. The van der Waals surface area contributed by atoms with Gasteiger partial charge in [-0.1, -0.05) is 12.1 Å². The molecule has 2 aliphatic rings. The molecule has 0 bridgehead atoms. The third-order valence-electron chi connectivity index (χ3n) is 5.13. The van der Waals surface area contributed by atoms with Crippen LogP contribution in [0.2, 0.25) is 0 Å². The highest BCUT2D eigenvalue weighted by atomic mass is 16.5. The van der Waals surface area contributed by atoms with Crippen LogP contribution in [-0.4, -0.2) is 93.0 Å². The molecule has 0 aliphatic carbocycles. The predicted octanol–water partition coefficient (Wildman–Crippen LogP) is 1.20. The summed E-state index contributed by atoms with van der Waals surface area (Å²) in [6.07, 6.45) is 1.08. The van der Waals surface area contributed by atoms with E-state index in [1.165, 1.54) is 0 Å². The number of aliphatic imine (C=N–C) groups is 1. The highest BCUT2D eigenvalue weighted by molar-refractivity contribution is 5.80. The number of anilines is 1. The number of phenols is 1. The third-order valence-corrected chi connectivity index (χ3v) is 5.13. The zero-order chi connectivity index (χ0) is 18.9. The molecule has 7 heteroatoms. The number of ether oxygens (including phenoxy) is 1. The van der Waals surface area contributed by atoms with Crippen LogP contribution in [0.4, 0.5) is 5.69 Å². The van der Waals surface area contributed by atoms with Gasteiger partial charge in [-0.05, 0) is 25.5 Å². The van der Waals surface area contributed by atoms with Crippen molar-refractivity contribution in [3.63, 3.8) is 0 Å². The SMILES string of the molecule is CCNC(=NCCCN1CCOCC1)N1CCN(c2ccccc2O)CC1. The molecule has 150 valence electrons. The van der Waals surface area contributed by atoms with Crippen LogP contribution in [0, 0.1) is 0 Å². The van der Waals surface area contributed by atoms with Gasteiger partial charge in [0.1, 0.15) is 5.75 Å². The molecule has 2 aliphatic heterocycles. The van der Waals surface area contributed by atoms with E-state index in [2.05, 4.69) is 26.9 Å². The number of piperazine rings is 1. The molecule has 0 amide bonds. The number of nitrogens with zero attached hydrogens (tertiary/aromatic N) is 4. The smallest absolute Gasteiger partial charge is 0.194 e. The number of phenolic OH excluding ortho intramolecular Hbond substituents is 1. The van der Waals surface area contributed by atoms with E-state index < -0.39 is 0 Å². The minimum atomic E-state index is 0.356. The molecule has 2 heterocycles. The van der Waals surface area contributed by atoms with Crippen molar-refractivity contribution >= 4 is 11.6 Å². The molecule has 0 unspecified atom stereocenters. The molecule has 0 saturated carbocycles. The Morgan fingerprint density at radius 3 is 2.56 bits per heavy atom. The van der Waals surface area contributed by atoms with Crippen LogP contribution in [-0.2, 0) is 4.74 Å². The van der Waals surface area contributed by atoms with Crippen molar-refractivity contribution in [3.8, 4) is 5.75 Å². The molecule has 1 aromatic rings. The summed E-state index contributed by atoms with van der Waals surface area (Å²) in [4.78, 5) is 11.9. The number of morpholine rings is 1. The minimum Gasteiger partial charge on any atom is -0.506 e. The lowest BCUT2D eigenvalue weighted by Crippen LogP contribution is -2.52. The molecule has 27 heavy (non-hydrogen) atoms. The van der Waals surface area contributed by atoms with Crippen LogP contribution in [0.15, 0.2) is 29.3 Å². The van der Waals surface area contributed by atoms with Gasteiger partial charge in [-0.15, -0.1) is 0 Å². The number of benzene rings is 1. The number of guanidine groups is 1. The summed E-state index contributed by atoms with van der Waals surface area (Å²) in [6, 6.07) is 7.57. The largest absolute Gasteiger partial charge is 0.506 e. The summed E-state index contributed by atoms with van der Waals surface area (Å²) < 4.78 is 5.40. The normalized spacial score (nSPS) is 19.4. The second-order valence-corrected chi connectivity index (χ2v) is 7.01. The Balaban J connectivity index is 1.47. The Kier molecular flexibility index (Phi) is 7.59. The number of rotatable bonds is 6. The van der Waals surface area contributed by atoms with Crippen LogP contribution in [0.5, 0.6) is 5.75 Å². The van der Waals surface area contributed by atoms with E-state index in [1.807, 2.05) is 18.2 Å². The molecule has 7 nitrogen and oxygen atoms in total. The lowest BCUT2D eigenvalue weighted by atomic mass is 10.2. The van der Waals surface area contributed by atoms with Crippen LogP contribution < -0.4 is 10.2 Å². The summed E-state index contributed by atoms with van der Waals surface area (Å²) in [5.74, 6) is 1.37. The summed E-state index contributed by atoms with van der Waals surface area (Å²) in [6.45, 7) is 12.3. The number of nitrogens with one attached hydrogen (secondary N) is 1. The fraction of sp³-hybridized carbons (Fsp3) is 0.650. The maximum Gasteiger partial charge on any atom is 0.194 e. The monoisotopic (exact) mass is 375 g/mol. The van der Waals surface area contributed by atoms with Crippen molar-refractivity contribution in [1.29, 1.82) is 0 Å². The highest BCUT2D eigenvalue weighted by Crippen LogP contribution is 2.27. The first kappa shape index (κ1) is 19.8. The second-order valence-electron chi connectivity index (χ2n) is 7.01. The van der Waals surface area contributed by atoms with Gasteiger partial charge in [0, 0.05) is 58.9 Å². The average Bonchev–Trinajstić information content (AvgIpc) is 2.72. The van der Waals surface area contributed by atoms with Gasteiger partial charge in [0.05, 0.1) is 18.9 Å². The molecule has 1 aromatic carbocycles. The van der Waals surface area contributed by atoms with Gasteiger partial charge in [-0.3, -0.25) is 9.89 Å². The average molecular weight is 376 g/mol. The molecule has 2 saturated heterocycles. The van der Waals surface area contributed by atoms with Crippen molar-refractivity contribution in [1.82, 2.24) is 15.1 Å². The zero-order valence-electron chi connectivity index (χ0n) is 16.4. The number of aromatic hydroxyl groups is 1. The van der Waals surface area contributed by atoms with E-state index in [-0.39, 0.29) is 0 Å². The van der Waals surface area contributed by atoms with E-state index in [9.17, 15) is 5.11 Å². The maximum absolute atomic E-state index is 10.1. The lowest BCUT2D eigenvalue weighted by molar-refractivity contribution is 0.0377. The van der Waals surface area contributed by atoms with Gasteiger partial charge < -0.3 is 25.0 Å². The molecule has 0 aromatic heterocycles. The molecular formula is C20H33N5O2. The Hall–Kier alpha value is -1.99. The summed E-state index contributed by atoms with van der Waals surface area (Å²) in [5.41, 5.74) is 0.921. The van der Waals surface area contributed by atoms with Crippen molar-refractivity contribution in [2.75, 3.05) is 77.0 Å². The van der Waals surface area contributed by atoms with Crippen molar-refractivity contribution < 1.29 is 9.84 Å². The van der Waals surface area contributed by atoms with E-state index in [4.69, 9.17) is 9.73 Å². The lowest BCUT2D eigenvalue weighted by Gasteiger charge is -2.38. The first-order valence-corrected chi connectivity index (χ1v) is 10.1.